The third kappa shape index (κ3) is 3.38. The molecule has 2 nitrogen and oxygen atoms in total. The highest BCUT2D eigenvalue weighted by Crippen LogP contribution is 2.24. The normalized spacial score (nSPS) is 12.3. The lowest BCUT2D eigenvalue weighted by molar-refractivity contribution is 0.609. The van der Waals surface area contributed by atoms with Gasteiger partial charge in [-0.1, -0.05) is 13.3 Å². The van der Waals surface area contributed by atoms with Crippen molar-refractivity contribution < 1.29 is 0 Å². The van der Waals surface area contributed by atoms with Gasteiger partial charge in [-0.3, -0.25) is 9.97 Å². The summed E-state index contributed by atoms with van der Waals surface area (Å²) in [6, 6.07) is 8.46. The lowest BCUT2D eigenvalue weighted by Gasteiger charge is -2.16. The van der Waals surface area contributed by atoms with Crippen LogP contribution in [0, 0.1) is 0 Å². The summed E-state index contributed by atoms with van der Waals surface area (Å²) in [6.07, 6.45) is 11.0. The Morgan fingerprint density at radius 2 is 1.53 bits per heavy atom. The third-order valence-corrected chi connectivity index (χ3v) is 3.05. The van der Waals surface area contributed by atoms with Crippen LogP contribution in [0.4, 0.5) is 0 Å². The minimum absolute atomic E-state index is 0.588. The molecule has 2 aromatic rings. The average Bonchev–Trinajstić information content (AvgIpc) is 2.40. The summed E-state index contributed by atoms with van der Waals surface area (Å²) in [6.45, 7) is 2.24. The molecule has 0 radical (unpaired) electrons. The molecule has 0 aliphatic rings. The first-order valence-electron chi connectivity index (χ1n) is 6.19. The van der Waals surface area contributed by atoms with Crippen molar-refractivity contribution in [1.29, 1.82) is 0 Å². The minimum Gasteiger partial charge on any atom is -0.265 e. The zero-order valence-corrected chi connectivity index (χ0v) is 10.2. The fraction of sp³-hybridized carbons (Fsp3) is 0.333. The predicted molar refractivity (Wildman–Crippen MR) is 69.8 cm³/mol. The number of rotatable bonds is 5. The molecule has 1 unspecified atom stereocenters. The van der Waals surface area contributed by atoms with Crippen LogP contribution in [0.3, 0.4) is 0 Å². The van der Waals surface area contributed by atoms with E-state index in [2.05, 4.69) is 41.2 Å². The van der Waals surface area contributed by atoms with Gasteiger partial charge in [-0.15, -0.1) is 0 Å². The lowest BCUT2D eigenvalue weighted by atomic mass is 9.89. The molecule has 1 atom stereocenters. The molecule has 2 rings (SSSR count). The fourth-order valence-corrected chi connectivity index (χ4v) is 2.17. The number of aromatic nitrogens is 2. The second kappa shape index (κ2) is 6.14. The molecule has 0 N–H and O–H groups in total. The van der Waals surface area contributed by atoms with Crippen LogP contribution in [-0.4, -0.2) is 9.97 Å². The van der Waals surface area contributed by atoms with Crippen LogP contribution >= 0.6 is 0 Å². The SMILES string of the molecule is CCCC(Cc1ccncc1)c1ccncc1. The zero-order chi connectivity index (χ0) is 11.9. The predicted octanol–water partition coefficient (Wildman–Crippen LogP) is 3.60. The van der Waals surface area contributed by atoms with Gasteiger partial charge in [-0.2, -0.15) is 0 Å². The summed E-state index contributed by atoms with van der Waals surface area (Å²) >= 11 is 0. The molecule has 0 aromatic carbocycles. The molecule has 2 heterocycles. The second-order valence-corrected chi connectivity index (χ2v) is 4.33. The van der Waals surface area contributed by atoms with E-state index >= 15 is 0 Å². The molecular weight excluding hydrogens is 208 g/mol. The smallest absolute Gasteiger partial charge is 0.0270 e. The largest absolute Gasteiger partial charge is 0.265 e. The van der Waals surface area contributed by atoms with E-state index in [1.807, 2.05) is 24.8 Å². The third-order valence-electron chi connectivity index (χ3n) is 3.05. The van der Waals surface area contributed by atoms with Gasteiger partial charge in [0.15, 0.2) is 0 Å². The Morgan fingerprint density at radius 3 is 2.12 bits per heavy atom. The van der Waals surface area contributed by atoms with E-state index in [0.717, 1.165) is 6.42 Å². The van der Waals surface area contributed by atoms with Crippen LogP contribution in [0.2, 0.25) is 0 Å². The Bertz CT molecular complexity index is 425. The molecule has 2 aromatic heterocycles. The van der Waals surface area contributed by atoms with Crippen molar-refractivity contribution in [2.75, 3.05) is 0 Å². The maximum absolute atomic E-state index is 4.08. The van der Waals surface area contributed by atoms with Crippen molar-refractivity contribution >= 4 is 0 Å². The van der Waals surface area contributed by atoms with Gasteiger partial charge in [-0.05, 0) is 54.2 Å². The van der Waals surface area contributed by atoms with Crippen molar-refractivity contribution in [1.82, 2.24) is 9.97 Å². The van der Waals surface area contributed by atoms with Crippen molar-refractivity contribution in [3.8, 4) is 0 Å². The molecule has 0 saturated carbocycles. The molecule has 0 aliphatic carbocycles. The van der Waals surface area contributed by atoms with Gasteiger partial charge >= 0.3 is 0 Å². The maximum Gasteiger partial charge on any atom is 0.0270 e. The van der Waals surface area contributed by atoms with Crippen molar-refractivity contribution in [3.05, 3.63) is 60.2 Å². The van der Waals surface area contributed by atoms with Crippen LogP contribution in [0.1, 0.15) is 36.8 Å². The number of hydrogen-bond acceptors (Lipinski definition) is 2. The van der Waals surface area contributed by atoms with Crippen LogP contribution < -0.4 is 0 Å². The molecule has 2 heteroatoms. The topological polar surface area (TPSA) is 25.8 Å². The molecule has 0 saturated heterocycles. The second-order valence-electron chi connectivity index (χ2n) is 4.33. The lowest BCUT2D eigenvalue weighted by Crippen LogP contribution is -2.03. The Hall–Kier alpha value is -1.70. The van der Waals surface area contributed by atoms with E-state index < -0.39 is 0 Å². The van der Waals surface area contributed by atoms with E-state index in [9.17, 15) is 0 Å². The summed E-state index contributed by atoms with van der Waals surface area (Å²) in [5.41, 5.74) is 2.74. The van der Waals surface area contributed by atoms with Gasteiger partial charge in [0.2, 0.25) is 0 Å². The molecule has 0 bridgehead atoms. The summed E-state index contributed by atoms with van der Waals surface area (Å²) < 4.78 is 0. The first kappa shape index (κ1) is 11.8. The van der Waals surface area contributed by atoms with Crippen LogP contribution in [-0.2, 0) is 6.42 Å². The molecule has 0 spiro atoms. The van der Waals surface area contributed by atoms with Gasteiger partial charge in [0.1, 0.15) is 0 Å². The number of hydrogen-bond donors (Lipinski definition) is 0. The van der Waals surface area contributed by atoms with E-state index in [-0.39, 0.29) is 0 Å². The Kier molecular flexibility index (Phi) is 4.25. The first-order valence-corrected chi connectivity index (χ1v) is 6.19. The average molecular weight is 226 g/mol. The fourth-order valence-electron chi connectivity index (χ4n) is 2.17. The molecule has 88 valence electrons. The van der Waals surface area contributed by atoms with Crippen molar-refractivity contribution in [3.63, 3.8) is 0 Å². The highest BCUT2D eigenvalue weighted by atomic mass is 14.6. The summed E-state index contributed by atoms with van der Waals surface area (Å²) in [5.74, 6) is 0.588. The van der Waals surface area contributed by atoms with Gasteiger partial charge in [-0.25, -0.2) is 0 Å². The van der Waals surface area contributed by atoms with Gasteiger partial charge in [0.05, 0.1) is 0 Å². The monoisotopic (exact) mass is 226 g/mol. The Morgan fingerprint density at radius 1 is 0.941 bits per heavy atom. The van der Waals surface area contributed by atoms with Crippen molar-refractivity contribution in [2.45, 2.75) is 32.1 Å². The van der Waals surface area contributed by atoms with Gasteiger partial charge in [0, 0.05) is 24.8 Å². The van der Waals surface area contributed by atoms with E-state index in [0.29, 0.717) is 5.92 Å². The molecule has 0 fully saturated rings. The van der Waals surface area contributed by atoms with Crippen LogP contribution in [0.15, 0.2) is 49.1 Å². The van der Waals surface area contributed by atoms with Crippen LogP contribution in [0.5, 0.6) is 0 Å². The summed E-state index contributed by atoms with van der Waals surface area (Å²) in [7, 11) is 0. The summed E-state index contributed by atoms with van der Waals surface area (Å²) in [4.78, 5) is 8.15. The molecular formula is C15H18N2. The quantitative estimate of drug-likeness (QED) is 0.778. The standard InChI is InChI=1S/C15H18N2/c1-2-3-15(14-6-10-17-11-7-14)12-13-4-8-16-9-5-13/h4-11,15H,2-3,12H2,1H3. The molecule has 17 heavy (non-hydrogen) atoms. The maximum atomic E-state index is 4.08. The number of nitrogens with zero attached hydrogens (tertiary/aromatic N) is 2. The first-order chi connectivity index (χ1) is 8.40. The van der Waals surface area contributed by atoms with E-state index in [4.69, 9.17) is 0 Å². The Labute approximate surface area is 103 Å². The Balaban J connectivity index is 2.13. The van der Waals surface area contributed by atoms with Gasteiger partial charge < -0.3 is 0 Å². The molecule has 0 aliphatic heterocycles. The van der Waals surface area contributed by atoms with Crippen molar-refractivity contribution in [2.24, 2.45) is 0 Å². The number of pyridine rings is 2. The molecule has 0 amide bonds. The van der Waals surface area contributed by atoms with Gasteiger partial charge in [0.25, 0.3) is 0 Å². The van der Waals surface area contributed by atoms with E-state index in [1.54, 1.807) is 0 Å². The minimum atomic E-state index is 0.588. The summed E-state index contributed by atoms with van der Waals surface area (Å²) in [5, 5.41) is 0. The zero-order valence-electron chi connectivity index (χ0n) is 10.2. The highest BCUT2D eigenvalue weighted by molar-refractivity contribution is 5.20. The highest BCUT2D eigenvalue weighted by Gasteiger charge is 2.11. The van der Waals surface area contributed by atoms with Crippen LogP contribution in [0.25, 0.3) is 0 Å². The van der Waals surface area contributed by atoms with E-state index in [1.165, 1.54) is 24.0 Å².